The van der Waals surface area contributed by atoms with Gasteiger partial charge < -0.3 is 9.84 Å². The molecular formula is C26H31F3O2. The summed E-state index contributed by atoms with van der Waals surface area (Å²) in [6.07, 6.45) is 6.33. The van der Waals surface area contributed by atoms with Crippen LogP contribution < -0.4 is 4.74 Å². The van der Waals surface area contributed by atoms with Crippen molar-refractivity contribution in [2.75, 3.05) is 6.61 Å². The van der Waals surface area contributed by atoms with E-state index in [4.69, 9.17) is 4.74 Å². The van der Waals surface area contributed by atoms with E-state index >= 15 is 0 Å². The topological polar surface area (TPSA) is 29.5 Å². The quantitative estimate of drug-likeness (QED) is 0.341. The molecule has 1 unspecified atom stereocenters. The third kappa shape index (κ3) is 5.91. The molecule has 0 radical (unpaired) electrons. The van der Waals surface area contributed by atoms with Gasteiger partial charge in [0.25, 0.3) is 0 Å². The number of aliphatic hydroxyl groups excluding tert-OH is 1. The van der Waals surface area contributed by atoms with Crippen LogP contribution in [0.4, 0.5) is 13.2 Å². The second-order valence-corrected chi connectivity index (χ2v) is 8.48. The second-order valence-electron chi connectivity index (χ2n) is 8.48. The molecule has 1 N–H and O–H groups in total. The summed E-state index contributed by atoms with van der Waals surface area (Å²) < 4.78 is 48.5. The third-order valence-electron chi connectivity index (χ3n) is 6.31. The highest BCUT2D eigenvalue weighted by Gasteiger charge is 2.25. The first-order chi connectivity index (χ1) is 14.9. The van der Waals surface area contributed by atoms with Gasteiger partial charge in [0.2, 0.25) is 0 Å². The van der Waals surface area contributed by atoms with Crippen molar-refractivity contribution in [2.45, 2.75) is 63.9 Å². The highest BCUT2D eigenvalue weighted by molar-refractivity contribution is 5.31. The van der Waals surface area contributed by atoms with Crippen molar-refractivity contribution in [3.05, 3.63) is 77.1 Å². The highest BCUT2D eigenvalue weighted by atomic mass is 19.2. The van der Waals surface area contributed by atoms with Gasteiger partial charge in [0.1, 0.15) is 11.6 Å². The van der Waals surface area contributed by atoms with Crippen molar-refractivity contribution in [2.24, 2.45) is 5.92 Å². The van der Waals surface area contributed by atoms with E-state index in [0.29, 0.717) is 36.7 Å². The van der Waals surface area contributed by atoms with Crippen molar-refractivity contribution in [3.63, 3.8) is 0 Å². The molecule has 0 bridgehead atoms. The zero-order chi connectivity index (χ0) is 22.4. The van der Waals surface area contributed by atoms with Crippen LogP contribution in [0.3, 0.4) is 0 Å². The van der Waals surface area contributed by atoms with Crippen molar-refractivity contribution < 1.29 is 23.0 Å². The fourth-order valence-corrected chi connectivity index (χ4v) is 4.43. The van der Waals surface area contributed by atoms with Crippen molar-refractivity contribution in [1.29, 1.82) is 0 Å². The molecule has 168 valence electrons. The Morgan fingerprint density at radius 3 is 2.48 bits per heavy atom. The number of rotatable bonds is 9. The molecule has 2 aromatic carbocycles. The van der Waals surface area contributed by atoms with Crippen LogP contribution in [0, 0.1) is 23.4 Å². The number of ether oxygens (including phenoxy) is 1. The van der Waals surface area contributed by atoms with Crippen LogP contribution in [0.15, 0.2) is 43.0 Å². The van der Waals surface area contributed by atoms with E-state index < -0.39 is 17.7 Å². The molecule has 0 aromatic heterocycles. The Morgan fingerprint density at radius 2 is 1.84 bits per heavy atom. The minimum Gasteiger partial charge on any atom is -0.493 e. The molecule has 2 nitrogen and oxygen atoms in total. The van der Waals surface area contributed by atoms with Gasteiger partial charge in [-0.05, 0) is 80.9 Å². The molecule has 1 aliphatic rings. The molecule has 1 aliphatic carbocycles. The predicted octanol–water partition coefficient (Wildman–Crippen LogP) is 7.02. The molecule has 0 amide bonds. The van der Waals surface area contributed by atoms with E-state index in [1.54, 1.807) is 12.1 Å². The molecule has 1 saturated carbocycles. The molecule has 1 atom stereocenters. The van der Waals surface area contributed by atoms with E-state index in [-0.39, 0.29) is 17.3 Å². The zero-order valence-electron chi connectivity index (χ0n) is 18.0. The van der Waals surface area contributed by atoms with Crippen molar-refractivity contribution in [3.8, 4) is 5.75 Å². The van der Waals surface area contributed by atoms with Gasteiger partial charge in [-0.1, -0.05) is 24.3 Å². The lowest BCUT2D eigenvalue weighted by atomic mass is 9.76. The van der Waals surface area contributed by atoms with Crippen molar-refractivity contribution in [1.82, 2.24) is 0 Å². The smallest absolute Gasteiger partial charge is 0.164 e. The standard InChI is InChI=1S/C26H31F3O2/c1-3-4-15-31-21-12-14-23(24(27)16-21)19-8-5-18(6-9-19)7-10-20-11-13-22(17(2)30)26(29)25(20)28/h3,11-14,16-19,30H,1,4-10,15H2,2H3. The molecular weight excluding hydrogens is 401 g/mol. The molecule has 3 rings (SSSR count). The lowest BCUT2D eigenvalue weighted by Crippen LogP contribution is -2.15. The summed E-state index contributed by atoms with van der Waals surface area (Å²) in [6.45, 7) is 5.55. The average molecular weight is 433 g/mol. The van der Waals surface area contributed by atoms with Gasteiger partial charge >= 0.3 is 0 Å². The van der Waals surface area contributed by atoms with Crippen LogP contribution in [0.2, 0.25) is 0 Å². The summed E-state index contributed by atoms with van der Waals surface area (Å²) in [5, 5.41) is 9.51. The maximum Gasteiger partial charge on any atom is 0.164 e. The average Bonchev–Trinajstić information content (AvgIpc) is 2.75. The maximum absolute atomic E-state index is 14.6. The minimum absolute atomic E-state index is 0.0130. The minimum atomic E-state index is -1.04. The first kappa shape index (κ1) is 23.4. The van der Waals surface area contributed by atoms with E-state index in [0.717, 1.165) is 37.7 Å². The zero-order valence-corrected chi connectivity index (χ0v) is 18.0. The maximum atomic E-state index is 14.6. The number of benzene rings is 2. The van der Waals surface area contributed by atoms with E-state index in [2.05, 4.69) is 6.58 Å². The summed E-state index contributed by atoms with van der Waals surface area (Å²) in [7, 11) is 0. The lowest BCUT2D eigenvalue weighted by molar-refractivity contribution is 0.192. The van der Waals surface area contributed by atoms with Gasteiger partial charge in [-0.15, -0.1) is 6.58 Å². The fraction of sp³-hybridized carbons (Fsp3) is 0.462. The summed E-state index contributed by atoms with van der Waals surface area (Å²) >= 11 is 0. The molecule has 2 aromatic rings. The molecule has 1 fully saturated rings. The summed E-state index contributed by atoms with van der Waals surface area (Å²) in [5.41, 5.74) is 1.07. The van der Waals surface area contributed by atoms with Crippen LogP contribution in [0.25, 0.3) is 0 Å². The number of halogens is 3. The molecule has 0 aliphatic heterocycles. The summed E-state index contributed by atoms with van der Waals surface area (Å²) in [6, 6.07) is 8.13. The summed E-state index contributed by atoms with van der Waals surface area (Å²) in [5.74, 6) is -0.909. The normalized spacial score (nSPS) is 19.8. The molecule has 0 spiro atoms. The Balaban J connectivity index is 1.52. The van der Waals surface area contributed by atoms with Crippen LogP contribution >= 0.6 is 0 Å². The summed E-state index contributed by atoms with van der Waals surface area (Å²) in [4.78, 5) is 0. The van der Waals surface area contributed by atoms with Gasteiger partial charge in [0.05, 0.1) is 12.7 Å². The van der Waals surface area contributed by atoms with Gasteiger partial charge in [0.15, 0.2) is 11.6 Å². The van der Waals surface area contributed by atoms with E-state index in [1.807, 2.05) is 12.1 Å². The molecule has 0 heterocycles. The van der Waals surface area contributed by atoms with Crippen molar-refractivity contribution >= 4 is 0 Å². The van der Waals surface area contributed by atoms with Crippen LogP contribution in [0.5, 0.6) is 5.75 Å². The van der Waals surface area contributed by atoms with E-state index in [9.17, 15) is 18.3 Å². The third-order valence-corrected chi connectivity index (χ3v) is 6.31. The predicted molar refractivity (Wildman–Crippen MR) is 117 cm³/mol. The number of aliphatic hydroxyl groups is 1. The number of hydrogen-bond acceptors (Lipinski definition) is 2. The monoisotopic (exact) mass is 432 g/mol. The van der Waals surface area contributed by atoms with Crippen LogP contribution in [0.1, 0.15) is 74.2 Å². The SMILES string of the molecule is C=CCCOc1ccc(C2CCC(CCc3ccc(C(C)O)c(F)c3F)CC2)c(F)c1. The van der Waals surface area contributed by atoms with Crippen LogP contribution in [-0.2, 0) is 6.42 Å². The Morgan fingerprint density at radius 1 is 1.10 bits per heavy atom. The fourth-order valence-electron chi connectivity index (χ4n) is 4.43. The Hall–Kier alpha value is -2.27. The number of hydrogen-bond donors (Lipinski definition) is 1. The van der Waals surface area contributed by atoms with Gasteiger partial charge in [-0.25, -0.2) is 13.2 Å². The first-order valence-corrected chi connectivity index (χ1v) is 11.1. The first-order valence-electron chi connectivity index (χ1n) is 11.1. The van der Waals surface area contributed by atoms with Gasteiger partial charge in [-0.2, -0.15) is 0 Å². The highest BCUT2D eigenvalue weighted by Crippen LogP contribution is 2.39. The van der Waals surface area contributed by atoms with E-state index in [1.165, 1.54) is 19.1 Å². The Kier molecular flexibility index (Phi) is 8.19. The Bertz CT molecular complexity index is 886. The number of aryl methyl sites for hydroxylation is 1. The second kappa shape index (κ2) is 10.9. The molecule has 31 heavy (non-hydrogen) atoms. The van der Waals surface area contributed by atoms with Crippen LogP contribution in [-0.4, -0.2) is 11.7 Å². The molecule has 5 heteroatoms. The molecule has 0 saturated heterocycles. The lowest BCUT2D eigenvalue weighted by Gasteiger charge is -2.29. The largest absolute Gasteiger partial charge is 0.493 e. The Labute approximate surface area is 182 Å². The van der Waals surface area contributed by atoms with Gasteiger partial charge in [-0.3, -0.25) is 0 Å². The van der Waals surface area contributed by atoms with Gasteiger partial charge in [0, 0.05) is 11.6 Å².